The number of nitrogens with zero attached hydrogens (tertiary/aromatic N) is 3. The second-order valence-electron chi connectivity index (χ2n) is 7.36. The van der Waals surface area contributed by atoms with Crippen LogP contribution in [0.4, 0.5) is 5.13 Å². The number of carboxylic acids is 1. The number of aliphatic carboxylic acids is 1. The molecular formula is C19H18N4O3S. The molecular weight excluding hydrogens is 364 g/mol. The van der Waals surface area contributed by atoms with Gasteiger partial charge < -0.3 is 10.4 Å². The summed E-state index contributed by atoms with van der Waals surface area (Å²) in [6.07, 6.45) is 6.63. The SMILES string of the molecule is N#Cc1sc(NC(=O)C23CCC(C(=O)O)(CC2)CC3)nc1-c1ccncc1. The lowest BCUT2D eigenvalue weighted by molar-refractivity contribution is -0.162. The number of rotatable bonds is 4. The molecule has 0 radical (unpaired) electrons. The number of hydrogen-bond acceptors (Lipinski definition) is 6. The number of nitrogens with one attached hydrogen (secondary N) is 1. The van der Waals surface area contributed by atoms with E-state index in [0.717, 1.165) is 16.9 Å². The highest BCUT2D eigenvalue weighted by atomic mass is 32.1. The summed E-state index contributed by atoms with van der Waals surface area (Å²) in [5.41, 5.74) is 0.144. The van der Waals surface area contributed by atoms with Gasteiger partial charge in [-0.1, -0.05) is 11.3 Å². The number of carboxylic acid groups (broad SMARTS) is 1. The molecule has 0 aromatic carbocycles. The summed E-state index contributed by atoms with van der Waals surface area (Å²) < 4.78 is 0. The Kier molecular flexibility index (Phi) is 4.19. The van der Waals surface area contributed by atoms with Gasteiger partial charge in [-0.05, 0) is 50.7 Å². The van der Waals surface area contributed by atoms with Gasteiger partial charge in [-0.25, -0.2) is 4.98 Å². The van der Waals surface area contributed by atoms with Crippen LogP contribution < -0.4 is 5.32 Å². The molecule has 3 saturated carbocycles. The number of hydrogen-bond donors (Lipinski definition) is 2. The molecule has 27 heavy (non-hydrogen) atoms. The van der Waals surface area contributed by atoms with Crippen LogP contribution in [0.1, 0.15) is 43.4 Å². The van der Waals surface area contributed by atoms with E-state index in [1.54, 1.807) is 24.5 Å². The van der Waals surface area contributed by atoms with Gasteiger partial charge in [-0.15, -0.1) is 0 Å². The van der Waals surface area contributed by atoms with Crippen molar-refractivity contribution in [2.24, 2.45) is 10.8 Å². The van der Waals surface area contributed by atoms with E-state index in [1.165, 1.54) is 0 Å². The average Bonchev–Trinajstić information content (AvgIpc) is 3.13. The summed E-state index contributed by atoms with van der Waals surface area (Å²) in [7, 11) is 0. The molecule has 8 heteroatoms. The molecule has 0 spiro atoms. The van der Waals surface area contributed by atoms with E-state index in [-0.39, 0.29) is 5.91 Å². The molecule has 7 nitrogen and oxygen atoms in total. The Balaban J connectivity index is 1.54. The highest BCUT2D eigenvalue weighted by molar-refractivity contribution is 7.16. The number of aromatic nitrogens is 2. The molecule has 0 saturated heterocycles. The number of fused-ring (bicyclic) bond motifs is 3. The maximum atomic E-state index is 13.0. The maximum absolute atomic E-state index is 13.0. The molecule has 1 amide bonds. The third kappa shape index (κ3) is 2.88. The van der Waals surface area contributed by atoms with Gasteiger partial charge in [0.2, 0.25) is 5.91 Å². The van der Waals surface area contributed by atoms with Crippen molar-refractivity contribution in [3.05, 3.63) is 29.4 Å². The number of anilines is 1. The third-order valence-electron chi connectivity index (χ3n) is 6.08. The lowest BCUT2D eigenvalue weighted by Crippen LogP contribution is -2.50. The standard InChI is InChI=1S/C19H18N4O3S/c20-11-13-14(12-1-9-21-10-2-12)22-17(27-13)23-15(24)18-3-6-19(7-4-18,8-5-18)16(25)26/h1-2,9-10H,3-8H2,(H,25,26)(H,22,23,24). The largest absolute Gasteiger partial charge is 0.481 e. The first-order chi connectivity index (χ1) is 13.0. The number of carbonyl (C=O) groups excluding carboxylic acids is 1. The number of carbonyl (C=O) groups is 2. The number of nitriles is 1. The van der Waals surface area contributed by atoms with Gasteiger partial charge in [-0.3, -0.25) is 14.6 Å². The highest BCUT2D eigenvalue weighted by Crippen LogP contribution is 2.57. The number of thiazole rings is 1. The molecule has 2 aromatic heterocycles. The van der Waals surface area contributed by atoms with E-state index in [2.05, 4.69) is 21.4 Å². The molecule has 2 bridgehead atoms. The smallest absolute Gasteiger partial charge is 0.309 e. The molecule has 2 heterocycles. The van der Waals surface area contributed by atoms with Crippen molar-refractivity contribution in [3.63, 3.8) is 0 Å². The highest BCUT2D eigenvalue weighted by Gasteiger charge is 2.55. The molecule has 0 unspecified atom stereocenters. The van der Waals surface area contributed by atoms with Crippen molar-refractivity contribution in [3.8, 4) is 17.3 Å². The van der Waals surface area contributed by atoms with Crippen molar-refractivity contribution in [2.75, 3.05) is 5.32 Å². The summed E-state index contributed by atoms with van der Waals surface area (Å²) >= 11 is 1.15. The lowest BCUT2D eigenvalue weighted by Gasteiger charge is -2.50. The molecule has 0 aliphatic heterocycles. The van der Waals surface area contributed by atoms with Crippen LogP contribution in [0.25, 0.3) is 11.3 Å². The Morgan fingerprint density at radius 2 is 1.70 bits per heavy atom. The summed E-state index contributed by atoms with van der Waals surface area (Å²) in [5, 5.41) is 22.2. The fourth-order valence-corrected chi connectivity index (χ4v) is 5.01. The zero-order valence-electron chi connectivity index (χ0n) is 14.6. The monoisotopic (exact) mass is 382 g/mol. The summed E-state index contributed by atoms with van der Waals surface area (Å²) in [4.78, 5) is 33.4. The summed E-state index contributed by atoms with van der Waals surface area (Å²) in [6, 6.07) is 5.68. The predicted octanol–water partition coefficient (Wildman–Crippen LogP) is 3.44. The molecule has 0 atom stereocenters. The van der Waals surface area contributed by atoms with Crippen molar-refractivity contribution < 1.29 is 14.7 Å². The second kappa shape index (κ2) is 6.43. The van der Waals surface area contributed by atoms with E-state index in [9.17, 15) is 20.0 Å². The third-order valence-corrected chi connectivity index (χ3v) is 6.96. The minimum Gasteiger partial charge on any atom is -0.481 e. The van der Waals surface area contributed by atoms with Gasteiger partial charge in [0.25, 0.3) is 0 Å². The van der Waals surface area contributed by atoms with E-state index in [1.807, 2.05) is 0 Å². The molecule has 3 aliphatic carbocycles. The molecule has 3 fully saturated rings. The normalized spacial score (nSPS) is 26.3. The van der Waals surface area contributed by atoms with Gasteiger partial charge in [0.05, 0.1) is 5.41 Å². The Morgan fingerprint density at radius 3 is 2.26 bits per heavy atom. The van der Waals surface area contributed by atoms with E-state index in [4.69, 9.17) is 0 Å². The van der Waals surface area contributed by atoms with E-state index >= 15 is 0 Å². The molecule has 3 aliphatic rings. The van der Waals surface area contributed by atoms with Crippen LogP contribution in [0.5, 0.6) is 0 Å². The van der Waals surface area contributed by atoms with Crippen LogP contribution in [0.2, 0.25) is 0 Å². The zero-order chi connectivity index (χ0) is 19.1. The predicted molar refractivity (Wildman–Crippen MR) is 98.9 cm³/mol. The molecule has 138 valence electrons. The van der Waals surface area contributed by atoms with Crippen LogP contribution in [-0.4, -0.2) is 27.0 Å². The van der Waals surface area contributed by atoms with Crippen molar-refractivity contribution >= 4 is 28.3 Å². The Hall–Kier alpha value is -2.79. The van der Waals surface area contributed by atoms with Crippen molar-refractivity contribution in [1.29, 1.82) is 5.26 Å². The number of amides is 1. The Labute approximate surface area is 160 Å². The van der Waals surface area contributed by atoms with Crippen LogP contribution >= 0.6 is 11.3 Å². The zero-order valence-corrected chi connectivity index (χ0v) is 15.4. The maximum Gasteiger partial charge on any atom is 0.309 e. The van der Waals surface area contributed by atoms with Crippen LogP contribution in [0, 0.1) is 22.2 Å². The molecule has 5 rings (SSSR count). The van der Waals surface area contributed by atoms with Crippen LogP contribution in [-0.2, 0) is 9.59 Å². The Bertz CT molecular complexity index is 923. The van der Waals surface area contributed by atoms with Crippen LogP contribution in [0.15, 0.2) is 24.5 Å². The topological polar surface area (TPSA) is 116 Å². The minimum absolute atomic E-state index is 0.110. The average molecular weight is 382 g/mol. The van der Waals surface area contributed by atoms with Gasteiger partial charge in [0.1, 0.15) is 16.6 Å². The first-order valence-corrected chi connectivity index (χ1v) is 9.66. The first kappa shape index (κ1) is 17.6. The van der Waals surface area contributed by atoms with Crippen molar-refractivity contribution in [1.82, 2.24) is 9.97 Å². The Morgan fingerprint density at radius 1 is 1.11 bits per heavy atom. The van der Waals surface area contributed by atoms with E-state index in [0.29, 0.717) is 54.2 Å². The van der Waals surface area contributed by atoms with Gasteiger partial charge in [-0.2, -0.15) is 5.26 Å². The van der Waals surface area contributed by atoms with Crippen LogP contribution in [0.3, 0.4) is 0 Å². The molecule has 2 N–H and O–H groups in total. The number of pyridine rings is 1. The lowest BCUT2D eigenvalue weighted by atomic mass is 9.53. The first-order valence-electron chi connectivity index (χ1n) is 8.84. The van der Waals surface area contributed by atoms with Gasteiger partial charge in [0.15, 0.2) is 5.13 Å². The quantitative estimate of drug-likeness (QED) is 0.837. The fraction of sp³-hybridized carbons (Fsp3) is 0.421. The van der Waals surface area contributed by atoms with Gasteiger partial charge in [0, 0.05) is 23.4 Å². The molecule has 2 aromatic rings. The van der Waals surface area contributed by atoms with Gasteiger partial charge >= 0.3 is 5.97 Å². The minimum atomic E-state index is -0.739. The summed E-state index contributed by atoms with van der Waals surface area (Å²) in [6.45, 7) is 0. The fourth-order valence-electron chi connectivity index (χ4n) is 4.23. The van der Waals surface area contributed by atoms with Crippen molar-refractivity contribution in [2.45, 2.75) is 38.5 Å². The summed E-state index contributed by atoms with van der Waals surface area (Å²) in [5.74, 6) is -0.850. The second-order valence-corrected chi connectivity index (χ2v) is 8.36. The van der Waals surface area contributed by atoms with E-state index < -0.39 is 16.8 Å².